The van der Waals surface area contributed by atoms with Crippen molar-refractivity contribution in [2.45, 2.75) is 124 Å². The summed E-state index contributed by atoms with van der Waals surface area (Å²) in [7, 11) is 0. The highest BCUT2D eigenvalue weighted by molar-refractivity contribution is 5.69. The van der Waals surface area contributed by atoms with Crippen LogP contribution >= 0.6 is 0 Å². The monoisotopic (exact) mass is 613 g/mol. The fraction of sp³-hybridized carbons (Fsp3) is 0.771. The summed E-state index contributed by atoms with van der Waals surface area (Å²) in [4.78, 5) is 35.4. The normalized spacial score (nSPS) is 37.1. The van der Waals surface area contributed by atoms with Gasteiger partial charge in [0.25, 0.3) is 5.69 Å². The molecule has 0 spiro atoms. The third-order valence-corrected chi connectivity index (χ3v) is 12.1. The third-order valence-electron chi connectivity index (χ3n) is 12.1. The highest BCUT2D eigenvalue weighted by Crippen LogP contribution is 2.68. The molecule has 1 aromatic carbocycles. The van der Waals surface area contributed by atoms with E-state index in [0.29, 0.717) is 36.5 Å². The molecule has 44 heavy (non-hydrogen) atoms. The van der Waals surface area contributed by atoms with Gasteiger partial charge < -0.3 is 19.3 Å². The molecule has 1 aromatic rings. The van der Waals surface area contributed by atoms with Crippen molar-refractivity contribution < 1.29 is 33.8 Å². The SMILES string of the molecule is C[C@H](CCC(=O)OC(C)(C)C)C1CCC2C3C(CC[C@@]21C)[C@@]1(C)CC[C@@H](OC(=O)Oc2ccc([N+](=O)[O-])cc2)CC1C[C@H]3O. The molecule has 4 aliphatic rings. The van der Waals surface area contributed by atoms with Gasteiger partial charge in [-0.3, -0.25) is 14.9 Å². The van der Waals surface area contributed by atoms with Gasteiger partial charge in [-0.25, -0.2) is 4.79 Å². The van der Waals surface area contributed by atoms with Gasteiger partial charge in [-0.15, -0.1) is 0 Å². The summed E-state index contributed by atoms with van der Waals surface area (Å²) in [6.45, 7) is 12.9. The third kappa shape index (κ3) is 6.49. The number of aliphatic hydroxyl groups excluding tert-OH is 1. The number of hydrogen-bond donors (Lipinski definition) is 1. The number of hydrogen-bond acceptors (Lipinski definition) is 8. The number of carbonyl (C=O) groups excluding carboxylic acids is 2. The van der Waals surface area contributed by atoms with E-state index < -0.39 is 16.7 Å². The van der Waals surface area contributed by atoms with Gasteiger partial charge in [-0.05, 0) is 137 Å². The first-order valence-electron chi connectivity index (χ1n) is 16.6. The first-order chi connectivity index (χ1) is 20.6. The van der Waals surface area contributed by atoms with Gasteiger partial charge in [0.05, 0.1) is 11.0 Å². The first kappa shape index (κ1) is 32.7. The maximum atomic E-state index is 12.6. The van der Waals surface area contributed by atoms with Crippen molar-refractivity contribution in [3.8, 4) is 5.75 Å². The van der Waals surface area contributed by atoms with Crippen molar-refractivity contribution in [3.63, 3.8) is 0 Å². The molecule has 0 amide bonds. The molecule has 4 fully saturated rings. The molecular formula is C35H51NO8. The Kier molecular flexibility index (Phi) is 9.11. The molecule has 0 heterocycles. The van der Waals surface area contributed by atoms with Gasteiger partial charge in [0.2, 0.25) is 0 Å². The maximum Gasteiger partial charge on any atom is 0.514 e. The molecular weight excluding hydrogens is 562 g/mol. The number of esters is 1. The van der Waals surface area contributed by atoms with E-state index in [0.717, 1.165) is 51.4 Å². The van der Waals surface area contributed by atoms with Crippen LogP contribution in [0.2, 0.25) is 0 Å². The van der Waals surface area contributed by atoms with Crippen molar-refractivity contribution in [1.29, 1.82) is 0 Å². The van der Waals surface area contributed by atoms with Gasteiger partial charge in [-0.2, -0.15) is 0 Å². The molecule has 0 radical (unpaired) electrons. The Morgan fingerprint density at radius 2 is 1.68 bits per heavy atom. The molecule has 4 saturated carbocycles. The van der Waals surface area contributed by atoms with Crippen LogP contribution in [0.5, 0.6) is 5.75 Å². The van der Waals surface area contributed by atoms with E-state index in [1.165, 1.54) is 24.3 Å². The van der Waals surface area contributed by atoms with E-state index in [1.807, 2.05) is 20.8 Å². The average molecular weight is 614 g/mol. The summed E-state index contributed by atoms with van der Waals surface area (Å²) in [5.41, 5.74) is -0.276. The largest absolute Gasteiger partial charge is 0.514 e. The summed E-state index contributed by atoms with van der Waals surface area (Å²) < 4.78 is 16.6. The number of ether oxygens (including phenoxy) is 3. The molecule has 9 nitrogen and oxygen atoms in total. The number of nitrogens with zero attached hydrogens (tertiary/aromatic N) is 1. The number of nitro groups is 1. The lowest BCUT2D eigenvalue weighted by Crippen LogP contribution is -2.58. The Hall–Kier alpha value is -2.68. The highest BCUT2D eigenvalue weighted by atomic mass is 16.7. The van der Waals surface area contributed by atoms with Crippen LogP contribution < -0.4 is 4.74 Å². The molecule has 0 saturated heterocycles. The minimum absolute atomic E-state index is 0.0738. The van der Waals surface area contributed by atoms with Gasteiger partial charge in [0.1, 0.15) is 17.5 Å². The number of benzene rings is 1. The molecule has 0 aliphatic heterocycles. The first-order valence-corrected chi connectivity index (χ1v) is 16.6. The lowest BCUT2D eigenvalue weighted by atomic mass is 9.43. The molecule has 5 rings (SSSR count). The van der Waals surface area contributed by atoms with Crippen molar-refractivity contribution in [3.05, 3.63) is 34.4 Å². The molecule has 9 heteroatoms. The van der Waals surface area contributed by atoms with Crippen LogP contribution in [0.3, 0.4) is 0 Å². The Bertz CT molecular complexity index is 1230. The smallest absolute Gasteiger partial charge is 0.460 e. The molecule has 10 atom stereocenters. The van der Waals surface area contributed by atoms with E-state index in [9.17, 15) is 24.8 Å². The van der Waals surface area contributed by atoms with Crippen LogP contribution in [0.25, 0.3) is 0 Å². The van der Waals surface area contributed by atoms with Crippen LogP contribution in [0.4, 0.5) is 10.5 Å². The zero-order valence-electron chi connectivity index (χ0n) is 27.3. The summed E-state index contributed by atoms with van der Waals surface area (Å²) >= 11 is 0. The Labute approximate surface area is 261 Å². The lowest BCUT2D eigenvalue weighted by Gasteiger charge is -2.62. The lowest BCUT2D eigenvalue weighted by molar-refractivity contribution is -0.384. The summed E-state index contributed by atoms with van der Waals surface area (Å²) in [5.74, 6) is 2.52. The highest BCUT2D eigenvalue weighted by Gasteiger charge is 2.63. The fourth-order valence-electron chi connectivity index (χ4n) is 10.1. The number of fused-ring (bicyclic) bond motifs is 5. The second-order valence-corrected chi connectivity index (χ2v) is 15.7. The standard InChI is InChI=1S/C35H51NO8/c1-21(7-14-30(38)44-33(2,3)4)26-12-13-27-31-28(16-18-35(26,27)6)34(5)17-15-25(19-22(34)20-29(31)37)43-32(39)42-24-10-8-23(9-11-24)36(40)41/h8-11,21-22,25-29,31,37H,7,12-20H2,1-6H3/t21-,22?,25-,26?,27?,28?,29-,31?,34+,35-/m1/s1. The summed E-state index contributed by atoms with van der Waals surface area (Å²) in [5, 5.41) is 22.6. The van der Waals surface area contributed by atoms with Crippen molar-refractivity contribution >= 4 is 17.8 Å². The molecule has 4 aliphatic carbocycles. The molecule has 244 valence electrons. The van der Waals surface area contributed by atoms with E-state index >= 15 is 0 Å². The Balaban J connectivity index is 1.19. The maximum absolute atomic E-state index is 12.6. The van der Waals surface area contributed by atoms with E-state index in [1.54, 1.807) is 0 Å². The van der Waals surface area contributed by atoms with Crippen molar-refractivity contribution in [2.75, 3.05) is 0 Å². The topological polar surface area (TPSA) is 125 Å². The van der Waals surface area contributed by atoms with Gasteiger partial charge in [0, 0.05) is 18.6 Å². The van der Waals surface area contributed by atoms with Crippen LogP contribution in [0.15, 0.2) is 24.3 Å². The summed E-state index contributed by atoms with van der Waals surface area (Å²) in [6, 6.07) is 5.37. The minimum atomic E-state index is -0.798. The number of nitro benzene ring substituents is 1. The van der Waals surface area contributed by atoms with Crippen LogP contribution in [0.1, 0.15) is 106 Å². The molecule has 1 N–H and O–H groups in total. The Morgan fingerprint density at radius 1 is 1.02 bits per heavy atom. The second-order valence-electron chi connectivity index (χ2n) is 15.7. The number of aliphatic hydroxyl groups is 1. The van der Waals surface area contributed by atoms with E-state index in [2.05, 4.69) is 20.8 Å². The number of non-ortho nitro benzene ring substituents is 1. The van der Waals surface area contributed by atoms with E-state index in [4.69, 9.17) is 14.2 Å². The zero-order chi connectivity index (χ0) is 32.0. The van der Waals surface area contributed by atoms with Gasteiger partial charge >= 0.3 is 12.1 Å². The quantitative estimate of drug-likeness (QED) is 0.143. The predicted molar refractivity (Wildman–Crippen MR) is 165 cm³/mol. The van der Waals surface area contributed by atoms with Crippen molar-refractivity contribution in [1.82, 2.24) is 0 Å². The van der Waals surface area contributed by atoms with Gasteiger partial charge in [0.15, 0.2) is 0 Å². The molecule has 0 aromatic heterocycles. The summed E-state index contributed by atoms with van der Waals surface area (Å²) in [6.07, 6.45) is 7.52. The predicted octanol–water partition coefficient (Wildman–Crippen LogP) is 7.87. The Morgan fingerprint density at radius 3 is 2.34 bits per heavy atom. The van der Waals surface area contributed by atoms with Crippen LogP contribution in [-0.4, -0.2) is 40.0 Å². The second kappa shape index (κ2) is 12.3. The molecule has 5 unspecified atom stereocenters. The minimum Gasteiger partial charge on any atom is -0.460 e. The molecule has 0 bridgehead atoms. The fourth-order valence-corrected chi connectivity index (χ4v) is 10.1. The van der Waals surface area contributed by atoms with Crippen LogP contribution in [0, 0.1) is 56.5 Å². The number of rotatable bonds is 7. The van der Waals surface area contributed by atoms with Crippen LogP contribution in [-0.2, 0) is 14.3 Å². The zero-order valence-corrected chi connectivity index (χ0v) is 27.3. The van der Waals surface area contributed by atoms with E-state index in [-0.39, 0.29) is 52.3 Å². The van der Waals surface area contributed by atoms with Crippen molar-refractivity contribution in [2.24, 2.45) is 46.3 Å². The number of carbonyl (C=O) groups is 2. The average Bonchev–Trinajstić information content (AvgIpc) is 3.29. The van der Waals surface area contributed by atoms with Gasteiger partial charge in [-0.1, -0.05) is 20.8 Å².